The Morgan fingerprint density at radius 1 is 0.812 bits per heavy atom. The van der Waals surface area contributed by atoms with Gasteiger partial charge in [-0.1, -0.05) is 59.7 Å². The van der Waals surface area contributed by atoms with Crippen molar-refractivity contribution >= 4 is 10.1 Å². The molecule has 0 aliphatic heterocycles. The third kappa shape index (κ3) is 11.2. The van der Waals surface area contributed by atoms with E-state index in [-0.39, 0.29) is 4.90 Å². The Morgan fingerprint density at radius 3 is 1.31 bits per heavy atom. The van der Waals surface area contributed by atoms with Crippen LogP contribution in [0.5, 0.6) is 0 Å². The van der Waals surface area contributed by atoms with Crippen molar-refractivity contribution in [2.45, 2.75) is 46.4 Å². The fourth-order valence-corrected chi connectivity index (χ4v) is 1.09. The molecule has 0 saturated carbocycles. The van der Waals surface area contributed by atoms with Crippen molar-refractivity contribution in [3.63, 3.8) is 0 Å². The van der Waals surface area contributed by atoms with Crippen molar-refractivity contribution in [1.82, 2.24) is 0 Å². The van der Waals surface area contributed by atoms with E-state index in [4.69, 9.17) is 4.55 Å². The summed E-state index contributed by atoms with van der Waals surface area (Å²) in [5, 5.41) is 0. The minimum atomic E-state index is -4.00. The Balaban J connectivity index is -0.000000245. The molecule has 0 saturated heterocycles. The van der Waals surface area contributed by atoms with E-state index in [2.05, 4.69) is 0 Å². The molecule has 0 unspecified atom stereocenters. The summed E-state index contributed by atoms with van der Waals surface area (Å²) >= 11 is 0. The van der Waals surface area contributed by atoms with Crippen LogP contribution in [0.15, 0.2) is 35.2 Å². The van der Waals surface area contributed by atoms with Crippen molar-refractivity contribution in [1.29, 1.82) is 0 Å². The van der Waals surface area contributed by atoms with E-state index >= 15 is 0 Å². The standard InChI is InChI=1S/C6H6O3S.3C2H6/c7-10(8,9)6-4-2-1-3-5-6;3*1-2/h1-5H,(H,7,8,9);3*1-2H3. The maximum Gasteiger partial charge on any atom is 0.294 e. The lowest BCUT2D eigenvalue weighted by atomic mass is 10.4. The summed E-state index contributed by atoms with van der Waals surface area (Å²) in [6, 6.07) is 7.42. The van der Waals surface area contributed by atoms with Gasteiger partial charge in [-0.05, 0) is 12.1 Å². The van der Waals surface area contributed by atoms with Crippen molar-refractivity contribution in [3.05, 3.63) is 30.3 Å². The molecule has 4 heteroatoms. The molecule has 0 aromatic heterocycles. The van der Waals surface area contributed by atoms with Gasteiger partial charge in [-0.2, -0.15) is 8.42 Å². The van der Waals surface area contributed by atoms with E-state index in [9.17, 15) is 8.42 Å². The Kier molecular flexibility index (Phi) is 18.1. The molecule has 3 nitrogen and oxygen atoms in total. The molecule has 16 heavy (non-hydrogen) atoms. The predicted molar refractivity (Wildman–Crippen MR) is 70.3 cm³/mol. The van der Waals surface area contributed by atoms with E-state index in [1.807, 2.05) is 41.5 Å². The van der Waals surface area contributed by atoms with E-state index in [1.165, 1.54) is 12.1 Å². The summed E-state index contributed by atoms with van der Waals surface area (Å²) in [5.74, 6) is 0. The monoisotopic (exact) mass is 248 g/mol. The normalized spacial score (nSPS) is 8.19. The molecule has 0 radical (unpaired) electrons. The Bertz CT molecular complexity index is 304. The van der Waals surface area contributed by atoms with Gasteiger partial charge in [-0.3, -0.25) is 4.55 Å². The third-order valence-electron chi connectivity index (χ3n) is 1.04. The van der Waals surface area contributed by atoms with Gasteiger partial charge in [0.2, 0.25) is 0 Å². The van der Waals surface area contributed by atoms with Crippen LogP contribution in [-0.2, 0) is 10.1 Å². The highest BCUT2D eigenvalue weighted by atomic mass is 32.2. The first-order chi connectivity index (χ1) is 7.61. The Morgan fingerprint density at radius 2 is 1.12 bits per heavy atom. The van der Waals surface area contributed by atoms with Crippen LogP contribution < -0.4 is 0 Å². The van der Waals surface area contributed by atoms with Crippen LogP contribution in [0.25, 0.3) is 0 Å². The van der Waals surface area contributed by atoms with Gasteiger partial charge in [0.25, 0.3) is 10.1 Å². The Hall–Kier alpha value is -0.870. The molecule has 0 heterocycles. The SMILES string of the molecule is CC.CC.CC.O=S(=O)(O)c1ccccc1. The molecule has 1 rings (SSSR count). The van der Waals surface area contributed by atoms with E-state index < -0.39 is 10.1 Å². The van der Waals surface area contributed by atoms with Gasteiger partial charge in [0.05, 0.1) is 4.90 Å². The highest BCUT2D eigenvalue weighted by Gasteiger charge is 2.05. The zero-order chi connectivity index (χ0) is 13.6. The third-order valence-corrected chi connectivity index (χ3v) is 1.91. The van der Waals surface area contributed by atoms with Crippen LogP contribution in [0.4, 0.5) is 0 Å². The quantitative estimate of drug-likeness (QED) is 0.764. The number of hydrogen-bond acceptors (Lipinski definition) is 2. The molecular weight excluding hydrogens is 224 g/mol. The lowest BCUT2D eigenvalue weighted by molar-refractivity contribution is 0.483. The minimum Gasteiger partial charge on any atom is -0.282 e. The molecule has 0 amide bonds. The van der Waals surface area contributed by atoms with E-state index in [0.717, 1.165) is 0 Å². The smallest absolute Gasteiger partial charge is 0.282 e. The molecule has 1 N–H and O–H groups in total. The first-order valence-electron chi connectivity index (χ1n) is 5.63. The lowest BCUT2D eigenvalue weighted by Crippen LogP contribution is -1.96. The fourth-order valence-electron chi connectivity index (χ4n) is 0.592. The lowest BCUT2D eigenvalue weighted by Gasteiger charge is -1.92. The van der Waals surface area contributed by atoms with Gasteiger partial charge in [-0.15, -0.1) is 0 Å². The average Bonchev–Trinajstić information content (AvgIpc) is 2.37. The second-order valence-corrected chi connectivity index (χ2v) is 3.21. The van der Waals surface area contributed by atoms with Crippen LogP contribution in [0, 0.1) is 0 Å². The average molecular weight is 248 g/mol. The summed E-state index contributed by atoms with van der Waals surface area (Å²) in [4.78, 5) is -0.0741. The van der Waals surface area contributed by atoms with Crippen LogP contribution in [0.1, 0.15) is 41.5 Å². The van der Waals surface area contributed by atoms with Gasteiger partial charge in [0.1, 0.15) is 0 Å². The van der Waals surface area contributed by atoms with Crippen molar-refractivity contribution in [2.75, 3.05) is 0 Å². The van der Waals surface area contributed by atoms with Crippen LogP contribution in [0.3, 0.4) is 0 Å². The second-order valence-electron chi connectivity index (χ2n) is 1.79. The summed E-state index contributed by atoms with van der Waals surface area (Å²) in [6.45, 7) is 12.0. The van der Waals surface area contributed by atoms with Crippen LogP contribution >= 0.6 is 0 Å². The number of benzene rings is 1. The van der Waals surface area contributed by atoms with Crippen LogP contribution in [0.2, 0.25) is 0 Å². The predicted octanol–water partition coefficient (Wildman–Crippen LogP) is 4.01. The first kappa shape index (κ1) is 20.5. The molecule has 0 bridgehead atoms. The topological polar surface area (TPSA) is 54.4 Å². The van der Waals surface area contributed by atoms with Gasteiger partial charge in [0, 0.05) is 0 Å². The maximum absolute atomic E-state index is 10.4. The zero-order valence-electron chi connectivity index (χ0n) is 11.1. The molecular formula is C12H24O3S. The van der Waals surface area contributed by atoms with Crippen LogP contribution in [-0.4, -0.2) is 13.0 Å². The van der Waals surface area contributed by atoms with Crippen molar-refractivity contribution in [3.8, 4) is 0 Å². The highest BCUT2D eigenvalue weighted by Crippen LogP contribution is 2.05. The van der Waals surface area contributed by atoms with Gasteiger partial charge in [0.15, 0.2) is 0 Å². The first-order valence-corrected chi connectivity index (χ1v) is 7.07. The molecule has 0 aliphatic rings. The molecule has 0 atom stereocenters. The summed E-state index contributed by atoms with van der Waals surface area (Å²) in [7, 11) is -4.00. The van der Waals surface area contributed by atoms with Crippen molar-refractivity contribution in [2.24, 2.45) is 0 Å². The van der Waals surface area contributed by atoms with Crippen molar-refractivity contribution < 1.29 is 13.0 Å². The molecule has 0 aliphatic carbocycles. The zero-order valence-corrected chi connectivity index (χ0v) is 11.9. The molecule has 0 fully saturated rings. The van der Waals surface area contributed by atoms with E-state index in [0.29, 0.717) is 0 Å². The summed E-state index contributed by atoms with van der Waals surface area (Å²) < 4.78 is 29.2. The number of hydrogen-bond donors (Lipinski definition) is 1. The largest absolute Gasteiger partial charge is 0.294 e. The molecule has 96 valence electrons. The Labute approximate surface area is 100 Å². The molecule has 0 spiro atoms. The molecule has 1 aromatic rings. The fraction of sp³-hybridized carbons (Fsp3) is 0.500. The van der Waals surface area contributed by atoms with Gasteiger partial charge >= 0.3 is 0 Å². The summed E-state index contributed by atoms with van der Waals surface area (Å²) in [5.41, 5.74) is 0. The molecule has 1 aromatic carbocycles. The maximum atomic E-state index is 10.4. The minimum absolute atomic E-state index is 0.0741. The second kappa shape index (κ2) is 14.1. The number of rotatable bonds is 1. The van der Waals surface area contributed by atoms with Gasteiger partial charge in [-0.25, -0.2) is 0 Å². The van der Waals surface area contributed by atoms with Gasteiger partial charge < -0.3 is 0 Å². The highest BCUT2D eigenvalue weighted by molar-refractivity contribution is 7.85. The summed E-state index contributed by atoms with van der Waals surface area (Å²) in [6.07, 6.45) is 0. The van der Waals surface area contributed by atoms with E-state index in [1.54, 1.807) is 18.2 Å².